The SMILES string of the molecule is CC(n1cc(C2CC2)nn1)C(C)(C)C. The average molecular weight is 193 g/mol. The van der Waals surface area contributed by atoms with Crippen LogP contribution in [0.3, 0.4) is 0 Å². The van der Waals surface area contributed by atoms with E-state index in [1.807, 2.05) is 4.68 Å². The van der Waals surface area contributed by atoms with Crippen LogP contribution in [0.4, 0.5) is 0 Å². The maximum absolute atomic E-state index is 4.23. The molecular weight excluding hydrogens is 174 g/mol. The summed E-state index contributed by atoms with van der Waals surface area (Å²) >= 11 is 0. The van der Waals surface area contributed by atoms with Crippen LogP contribution >= 0.6 is 0 Å². The van der Waals surface area contributed by atoms with Crippen molar-refractivity contribution in [1.82, 2.24) is 15.0 Å². The zero-order valence-electron chi connectivity index (χ0n) is 9.49. The zero-order chi connectivity index (χ0) is 10.3. The summed E-state index contributed by atoms with van der Waals surface area (Å²) in [7, 11) is 0. The Morgan fingerprint density at radius 2 is 2.07 bits per heavy atom. The fourth-order valence-corrected chi connectivity index (χ4v) is 1.44. The third-order valence-electron chi connectivity index (χ3n) is 3.17. The molecule has 0 bridgehead atoms. The van der Waals surface area contributed by atoms with Crippen LogP contribution in [0.1, 0.15) is 58.2 Å². The van der Waals surface area contributed by atoms with Crippen LogP contribution in [0.15, 0.2) is 6.20 Å². The third kappa shape index (κ3) is 1.81. The first-order chi connectivity index (χ1) is 6.48. The van der Waals surface area contributed by atoms with E-state index >= 15 is 0 Å². The van der Waals surface area contributed by atoms with E-state index in [4.69, 9.17) is 0 Å². The van der Waals surface area contributed by atoms with Crippen molar-refractivity contribution in [2.45, 2.75) is 52.5 Å². The Bertz CT molecular complexity index is 318. The van der Waals surface area contributed by atoms with E-state index < -0.39 is 0 Å². The second-order valence-corrected chi connectivity index (χ2v) is 5.44. The first kappa shape index (κ1) is 9.69. The van der Waals surface area contributed by atoms with Crippen molar-refractivity contribution in [1.29, 1.82) is 0 Å². The van der Waals surface area contributed by atoms with E-state index in [1.165, 1.54) is 18.5 Å². The Kier molecular flexibility index (Phi) is 2.13. The maximum atomic E-state index is 4.23. The van der Waals surface area contributed by atoms with Gasteiger partial charge in [-0.3, -0.25) is 0 Å². The van der Waals surface area contributed by atoms with Gasteiger partial charge in [0.1, 0.15) is 0 Å². The summed E-state index contributed by atoms with van der Waals surface area (Å²) < 4.78 is 2.01. The van der Waals surface area contributed by atoms with E-state index in [2.05, 4.69) is 44.2 Å². The fraction of sp³-hybridized carbons (Fsp3) is 0.818. The quantitative estimate of drug-likeness (QED) is 0.723. The lowest BCUT2D eigenvalue weighted by atomic mass is 9.88. The van der Waals surface area contributed by atoms with Gasteiger partial charge in [-0.1, -0.05) is 26.0 Å². The lowest BCUT2D eigenvalue weighted by Gasteiger charge is -2.26. The Hall–Kier alpha value is -0.860. The van der Waals surface area contributed by atoms with Gasteiger partial charge in [0.15, 0.2) is 0 Å². The van der Waals surface area contributed by atoms with Gasteiger partial charge < -0.3 is 0 Å². The minimum atomic E-state index is 0.245. The summed E-state index contributed by atoms with van der Waals surface area (Å²) in [6, 6.07) is 0.405. The number of hydrogen-bond donors (Lipinski definition) is 0. The molecule has 1 heterocycles. The molecule has 0 N–H and O–H groups in total. The molecule has 1 aliphatic carbocycles. The molecule has 0 spiro atoms. The predicted molar refractivity (Wildman–Crippen MR) is 56.2 cm³/mol. The molecule has 78 valence electrons. The molecule has 2 rings (SSSR count). The summed E-state index contributed by atoms with van der Waals surface area (Å²) in [5.41, 5.74) is 1.43. The van der Waals surface area contributed by atoms with Gasteiger partial charge in [-0.2, -0.15) is 0 Å². The Morgan fingerprint density at radius 3 is 2.57 bits per heavy atom. The molecule has 0 aromatic carbocycles. The number of rotatable bonds is 2. The van der Waals surface area contributed by atoms with Gasteiger partial charge in [0.05, 0.1) is 11.7 Å². The van der Waals surface area contributed by atoms with Crippen molar-refractivity contribution < 1.29 is 0 Å². The highest BCUT2D eigenvalue weighted by Gasteiger charge is 2.28. The Balaban J connectivity index is 2.15. The molecule has 3 nitrogen and oxygen atoms in total. The van der Waals surface area contributed by atoms with Crippen LogP contribution in [0.5, 0.6) is 0 Å². The van der Waals surface area contributed by atoms with Crippen molar-refractivity contribution in [2.24, 2.45) is 5.41 Å². The molecule has 0 radical (unpaired) electrons. The molecule has 1 atom stereocenters. The molecule has 1 aromatic heterocycles. The predicted octanol–water partition coefficient (Wildman–Crippen LogP) is 2.76. The van der Waals surface area contributed by atoms with Crippen molar-refractivity contribution >= 4 is 0 Å². The summed E-state index contributed by atoms with van der Waals surface area (Å²) in [4.78, 5) is 0. The second-order valence-electron chi connectivity index (χ2n) is 5.44. The van der Waals surface area contributed by atoms with Gasteiger partial charge in [-0.05, 0) is 25.2 Å². The van der Waals surface area contributed by atoms with Crippen LogP contribution in [-0.4, -0.2) is 15.0 Å². The molecule has 14 heavy (non-hydrogen) atoms. The second kappa shape index (κ2) is 3.07. The highest BCUT2D eigenvalue weighted by molar-refractivity contribution is 5.09. The van der Waals surface area contributed by atoms with Gasteiger partial charge in [0.2, 0.25) is 0 Å². The Labute approximate surface area is 85.5 Å². The number of hydrogen-bond acceptors (Lipinski definition) is 2. The van der Waals surface area contributed by atoms with Crippen molar-refractivity contribution in [3.63, 3.8) is 0 Å². The summed E-state index contributed by atoms with van der Waals surface area (Å²) in [5.74, 6) is 0.705. The van der Waals surface area contributed by atoms with Crippen LogP contribution in [0, 0.1) is 5.41 Å². The highest BCUT2D eigenvalue weighted by Crippen LogP contribution is 2.39. The van der Waals surface area contributed by atoms with Crippen LogP contribution < -0.4 is 0 Å². The first-order valence-electron chi connectivity index (χ1n) is 5.40. The maximum Gasteiger partial charge on any atom is 0.0858 e. The van der Waals surface area contributed by atoms with Gasteiger partial charge in [0.25, 0.3) is 0 Å². The smallest absolute Gasteiger partial charge is 0.0858 e. The molecular formula is C11H19N3. The Morgan fingerprint density at radius 1 is 1.43 bits per heavy atom. The molecule has 0 amide bonds. The van der Waals surface area contributed by atoms with Crippen LogP contribution in [0.25, 0.3) is 0 Å². The number of aromatic nitrogens is 3. The zero-order valence-corrected chi connectivity index (χ0v) is 9.49. The lowest BCUT2D eigenvalue weighted by Crippen LogP contribution is -2.22. The van der Waals surface area contributed by atoms with E-state index in [-0.39, 0.29) is 5.41 Å². The number of nitrogens with zero attached hydrogens (tertiary/aromatic N) is 3. The molecule has 1 aromatic rings. The largest absolute Gasteiger partial charge is 0.249 e. The van der Waals surface area contributed by atoms with Crippen LogP contribution in [0.2, 0.25) is 0 Å². The van der Waals surface area contributed by atoms with Gasteiger partial charge in [-0.25, -0.2) is 4.68 Å². The molecule has 1 fully saturated rings. The average Bonchev–Trinajstić information content (AvgIpc) is 2.82. The molecule has 1 unspecified atom stereocenters. The van der Waals surface area contributed by atoms with Gasteiger partial charge in [0, 0.05) is 12.1 Å². The van der Waals surface area contributed by atoms with Gasteiger partial charge in [-0.15, -0.1) is 5.10 Å². The third-order valence-corrected chi connectivity index (χ3v) is 3.17. The molecule has 1 saturated carbocycles. The molecule has 3 heteroatoms. The minimum Gasteiger partial charge on any atom is -0.249 e. The summed E-state index contributed by atoms with van der Waals surface area (Å²) in [6.45, 7) is 8.90. The van der Waals surface area contributed by atoms with E-state index in [0.717, 1.165) is 0 Å². The molecule has 1 aliphatic rings. The van der Waals surface area contributed by atoms with E-state index in [0.29, 0.717) is 12.0 Å². The normalized spacial score (nSPS) is 19.7. The van der Waals surface area contributed by atoms with Crippen molar-refractivity contribution in [2.75, 3.05) is 0 Å². The standard InChI is InChI=1S/C11H19N3/c1-8(11(2,3)4)14-7-10(12-13-14)9-5-6-9/h7-9H,5-6H2,1-4H3. The molecule has 0 saturated heterocycles. The lowest BCUT2D eigenvalue weighted by molar-refractivity contribution is 0.241. The van der Waals surface area contributed by atoms with Gasteiger partial charge >= 0.3 is 0 Å². The highest BCUT2D eigenvalue weighted by atomic mass is 15.4. The fourth-order valence-electron chi connectivity index (χ4n) is 1.44. The van der Waals surface area contributed by atoms with E-state index in [9.17, 15) is 0 Å². The van der Waals surface area contributed by atoms with Crippen molar-refractivity contribution in [3.05, 3.63) is 11.9 Å². The first-order valence-corrected chi connectivity index (χ1v) is 5.40. The van der Waals surface area contributed by atoms with Crippen LogP contribution in [-0.2, 0) is 0 Å². The van der Waals surface area contributed by atoms with Crippen molar-refractivity contribution in [3.8, 4) is 0 Å². The topological polar surface area (TPSA) is 30.7 Å². The monoisotopic (exact) mass is 193 g/mol. The minimum absolute atomic E-state index is 0.245. The summed E-state index contributed by atoms with van der Waals surface area (Å²) in [6.07, 6.45) is 4.71. The van der Waals surface area contributed by atoms with E-state index in [1.54, 1.807) is 0 Å². The molecule has 0 aliphatic heterocycles. The summed E-state index contributed by atoms with van der Waals surface area (Å²) in [5, 5.41) is 8.44.